The van der Waals surface area contributed by atoms with Crippen LogP contribution in [0.15, 0.2) is 53.2 Å². The van der Waals surface area contributed by atoms with Gasteiger partial charge in [-0.15, -0.1) is 0 Å². The third-order valence-corrected chi connectivity index (χ3v) is 5.65. The monoisotopic (exact) mass is 372 g/mol. The Bertz CT molecular complexity index is 1180. The maximum Gasteiger partial charge on any atom is 0.227 e. The van der Waals surface area contributed by atoms with Crippen LogP contribution in [0.1, 0.15) is 32.8 Å². The fourth-order valence-electron chi connectivity index (χ4n) is 4.50. The molecule has 1 aromatic carbocycles. The maximum absolute atomic E-state index is 6.29. The molecule has 0 saturated carbocycles. The van der Waals surface area contributed by atoms with Gasteiger partial charge in [0.25, 0.3) is 0 Å². The first-order valence-electron chi connectivity index (χ1n) is 9.91. The summed E-state index contributed by atoms with van der Waals surface area (Å²) in [7, 11) is 0. The van der Waals surface area contributed by atoms with Crippen LogP contribution in [0.3, 0.4) is 0 Å². The summed E-state index contributed by atoms with van der Waals surface area (Å²) in [5, 5.41) is 2.16. The molecule has 0 radical (unpaired) electrons. The van der Waals surface area contributed by atoms with Crippen LogP contribution in [0.5, 0.6) is 0 Å². The van der Waals surface area contributed by atoms with Crippen molar-refractivity contribution in [2.45, 2.75) is 46.3 Å². The molecule has 1 aliphatic rings. The van der Waals surface area contributed by atoms with Crippen LogP contribution >= 0.6 is 0 Å². The molecule has 5 heteroatoms. The Kier molecular flexibility index (Phi) is 3.79. The molecule has 0 bridgehead atoms. The highest BCUT2D eigenvalue weighted by Crippen LogP contribution is 2.48. The first-order valence-corrected chi connectivity index (χ1v) is 9.91. The lowest BCUT2D eigenvalue weighted by molar-refractivity contribution is 0.552. The van der Waals surface area contributed by atoms with E-state index in [-0.39, 0.29) is 6.17 Å². The number of nitrogens with zero attached hydrogens (tertiary/aromatic N) is 4. The molecule has 0 aliphatic carbocycles. The molecule has 0 spiro atoms. The highest BCUT2D eigenvalue weighted by atomic mass is 16.3. The molecule has 1 unspecified atom stereocenters. The van der Waals surface area contributed by atoms with Gasteiger partial charge in [-0.05, 0) is 57.0 Å². The minimum Gasteiger partial charge on any atom is -0.435 e. The van der Waals surface area contributed by atoms with Gasteiger partial charge in [0.05, 0.1) is 11.4 Å². The van der Waals surface area contributed by atoms with E-state index in [2.05, 4.69) is 66.7 Å². The lowest BCUT2D eigenvalue weighted by atomic mass is 10.1. The second-order valence-electron chi connectivity index (χ2n) is 7.67. The zero-order chi connectivity index (χ0) is 19.4. The lowest BCUT2D eigenvalue weighted by Crippen LogP contribution is -2.44. The van der Waals surface area contributed by atoms with Crippen LogP contribution < -0.4 is 9.80 Å². The molecule has 3 aromatic heterocycles. The predicted octanol–water partition coefficient (Wildman–Crippen LogP) is 5.79. The number of anilines is 3. The molecule has 142 valence electrons. The highest BCUT2D eigenvalue weighted by molar-refractivity contribution is 6.09. The molecule has 0 amide bonds. The zero-order valence-corrected chi connectivity index (χ0v) is 16.7. The number of furan rings is 1. The quantitative estimate of drug-likeness (QED) is 0.456. The Balaban J connectivity index is 1.83. The van der Waals surface area contributed by atoms with Crippen LogP contribution in [0, 0.1) is 6.92 Å². The zero-order valence-electron chi connectivity index (χ0n) is 16.7. The molecule has 4 aromatic rings. The molecule has 5 rings (SSSR count). The Morgan fingerprint density at radius 3 is 2.61 bits per heavy atom. The number of hydrogen-bond acceptors (Lipinski definition) is 5. The smallest absolute Gasteiger partial charge is 0.227 e. The highest BCUT2D eigenvalue weighted by Gasteiger charge is 2.39. The van der Waals surface area contributed by atoms with Crippen LogP contribution in [0.25, 0.3) is 22.1 Å². The molecule has 28 heavy (non-hydrogen) atoms. The van der Waals surface area contributed by atoms with E-state index >= 15 is 0 Å². The van der Waals surface area contributed by atoms with E-state index in [0.29, 0.717) is 11.8 Å². The van der Waals surface area contributed by atoms with Crippen molar-refractivity contribution in [3.63, 3.8) is 0 Å². The summed E-state index contributed by atoms with van der Waals surface area (Å²) in [6, 6.07) is 12.9. The molecule has 0 N–H and O–H groups in total. The van der Waals surface area contributed by atoms with E-state index in [1.54, 1.807) is 6.20 Å². The number of aryl methyl sites for hydroxylation is 1. The number of aromatic nitrogens is 2. The lowest BCUT2D eigenvalue weighted by Gasteiger charge is -2.35. The Morgan fingerprint density at radius 1 is 1.04 bits per heavy atom. The van der Waals surface area contributed by atoms with Crippen molar-refractivity contribution in [1.82, 2.24) is 9.97 Å². The van der Waals surface area contributed by atoms with E-state index in [1.807, 2.05) is 18.3 Å². The second kappa shape index (κ2) is 6.23. The topological polar surface area (TPSA) is 45.4 Å². The first kappa shape index (κ1) is 17.0. The average molecular weight is 372 g/mol. The Hall–Kier alpha value is -3.08. The van der Waals surface area contributed by atoms with Crippen molar-refractivity contribution < 1.29 is 4.42 Å². The predicted molar refractivity (Wildman–Crippen MR) is 114 cm³/mol. The fourth-order valence-corrected chi connectivity index (χ4v) is 4.50. The van der Waals surface area contributed by atoms with E-state index in [0.717, 1.165) is 40.0 Å². The minimum absolute atomic E-state index is 0.190. The van der Waals surface area contributed by atoms with Crippen molar-refractivity contribution in [3.8, 4) is 0 Å². The van der Waals surface area contributed by atoms with Gasteiger partial charge in [0.2, 0.25) is 5.71 Å². The summed E-state index contributed by atoms with van der Waals surface area (Å²) in [6.07, 6.45) is 4.82. The van der Waals surface area contributed by atoms with Crippen molar-refractivity contribution in [1.29, 1.82) is 0 Å². The molecular formula is C23H24N4O. The van der Waals surface area contributed by atoms with Gasteiger partial charge in [-0.25, -0.2) is 9.97 Å². The summed E-state index contributed by atoms with van der Waals surface area (Å²) in [4.78, 5) is 14.0. The maximum atomic E-state index is 6.29. The number of benzene rings is 1. The fraction of sp³-hybridized carbons (Fsp3) is 0.304. The SMILES string of the molecule is CCC1N(c2c(C)ccc3c2oc2ncccc23)c2cccnc2N1C(C)C. The van der Waals surface area contributed by atoms with Gasteiger partial charge in [-0.1, -0.05) is 19.1 Å². The normalized spacial score (nSPS) is 16.5. The summed E-state index contributed by atoms with van der Waals surface area (Å²) in [6.45, 7) is 8.83. The summed E-state index contributed by atoms with van der Waals surface area (Å²) < 4.78 is 6.29. The molecule has 0 saturated heterocycles. The van der Waals surface area contributed by atoms with Crippen molar-refractivity contribution in [3.05, 3.63) is 54.4 Å². The average Bonchev–Trinajstić information content (AvgIpc) is 3.23. The minimum atomic E-state index is 0.190. The second-order valence-corrected chi connectivity index (χ2v) is 7.67. The van der Waals surface area contributed by atoms with E-state index in [4.69, 9.17) is 9.40 Å². The number of pyridine rings is 2. The molecule has 1 aliphatic heterocycles. The summed E-state index contributed by atoms with van der Waals surface area (Å²) in [5.41, 5.74) is 5.01. The van der Waals surface area contributed by atoms with Crippen LogP contribution in [-0.4, -0.2) is 22.2 Å². The number of fused-ring (bicyclic) bond motifs is 4. The van der Waals surface area contributed by atoms with Crippen LogP contribution in [0.2, 0.25) is 0 Å². The van der Waals surface area contributed by atoms with E-state index in [1.165, 1.54) is 5.56 Å². The van der Waals surface area contributed by atoms with Gasteiger partial charge in [0.15, 0.2) is 11.4 Å². The largest absolute Gasteiger partial charge is 0.435 e. The molecule has 5 nitrogen and oxygen atoms in total. The Morgan fingerprint density at radius 2 is 1.82 bits per heavy atom. The van der Waals surface area contributed by atoms with Crippen LogP contribution in [-0.2, 0) is 0 Å². The number of hydrogen-bond donors (Lipinski definition) is 0. The van der Waals surface area contributed by atoms with Crippen LogP contribution in [0.4, 0.5) is 17.2 Å². The standard InChI is InChI=1S/C23H24N4O/c1-5-19-26(14(2)3)22-18(9-7-12-24-22)27(19)20-15(4)10-11-16-17-8-6-13-25-23(17)28-21(16)20/h6-14,19H,5H2,1-4H3. The van der Waals surface area contributed by atoms with E-state index < -0.39 is 0 Å². The third kappa shape index (κ3) is 2.25. The molecular weight excluding hydrogens is 348 g/mol. The molecule has 4 heterocycles. The number of rotatable bonds is 3. The molecule has 0 fully saturated rings. The van der Waals surface area contributed by atoms with Gasteiger partial charge >= 0.3 is 0 Å². The van der Waals surface area contributed by atoms with Gasteiger partial charge in [-0.3, -0.25) is 0 Å². The van der Waals surface area contributed by atoms with Gasteiger partial charge in [0.1, 0.15) is 6.17 Å². The van der Waals surface area contributed by atoms with Gasteiger partial charge in [-0.2, -0.15) is 0 Å². The van der Waals surface area contributed by atoms with Gasteiger partial charge in [0, 0.05) is 29.2 Å². The summed E-state index contributed by atoms with van der Waals surface area (Å²) >= 11 is 0. The molecule has 1 atom stereocenters. The third-order valence-electron chi connectivity index (χ3n) is 5.65. The first-order chi connectivity index (χ1) is 13.6. The van der Waals surface area contributed by atoms with Crippen molar-refractivity contribution >= 4 is 39.3 Å². The summed E-state index contributed by atoms with van der Waals surface area (Å²) in [5.74, 6) is 1.04. The van der Waals surface area contributed by atoms with Crippen molar-refractivity contribution in [2.75, 3.05) is 9.80 Å². The van der Waals surface area contributed by atoms with Gasteiger partial charge < -0.3 is 14.2 Å². The Labute approximate surface area is 164 Å². The van der Waals surface area contributed by atoms with Crippen molar-refractivity contribution in [2.24, 2.45) is 0 Å². The van der Waals surface area contributed by atoms with E-state index in [9.17, 15) is 0 Å².